The molecule has 0 amide bonds. The van der Waals surface area contributed by atoms with E-state index in [1.165, 1.54) is 12.1 Å². The SMILES string of the molecule is CCOc1cc([C@@H](C(F)F)N2CCNCC2)cc(Br)c1O.Cl.Cl. The quantitative estimate of drug-likeness (QED) is 0.738. The average molecular weight is 438 g/mol. The molecule has 1 aliphatic heterocycles. The number of hydrogen-bond donors (Lipinski definition) is 2. The van der Waals surface area contributed by atoms with Gasteiger partial charge in [-0.25, -0.2) is 8.78 Å². The highest BCUT2D eigenvalue weighted by Crippen LogP contribution is 2.39. The molecule has 134 valence electrons. The number of halogens is 5. The van der Waals surface area contributed by atoms with Crippen LogP contribution in [0, 0.1) is 0 Å². The molecule has 0 unspecified atom stereocenters. The zero-order valence-electron chi connectivity index (χ0n) is 12.6. The predicted octanol–water partition coefficient (Wildman–Crippen LogP) is 3.61. The van der Waals surface area contributed by atoms with Gasteiger partial charge in [-0.3, -0.25) is 4.90 Å². The van der Waals surface area contributed by atoms with E-state index in [-0.39, 0.29) is 36.3 Å². The zero-order valence-corrected chi connectivity index (χ0v) is 15.8. The van der Waals surface area contributed by atoms with Gasteiger partial charge in [0.25, 0.3) is 6.43 Å². The summed E-state index contributed by atoms with van der Waals surface area (Å²) < 4.78 is 32.8. The number of piperazine rings is 1. The Balaban J connectivity index is 0.00000242. The third-order valence-corrected chi connectivity index (χ3v) is 4.08. The molecule has 4 nitrogen and oxygen atoms in total. The molecule has 0 aromatic heterocycles. The Bertz CT molecular complexity index is 492. The summed E-state index contributed by atoms with van der Waals surface area (Å²) in [6.07, 6.45) is -2.51. The van der Waals surface area contributed by atoms with Crippen molar-refractivity contribution in [2.75, 3.05) is 32.8 Å². The Kier molecular flexibility index (Phi) is 10.4. The number of nitrogens with zero attached hydrogens (tertiary/aromatic N) is 1. The van der Waals surface area contributed by atoms with Crippen LogP contribution in [0.1, 0.15) is 18.5 Å². The molecular formula is C14H21BrCl2F2N2O2. The van der Waals surface area contributed by atoms with Crippen molar-refractivity contribution in [2.24, 2.45) is 0 Å². The molecule has 0 saturated carbocycles. The fourth-order valence-corrected chi connectivity index (χ4v) is 2.97. The van der Waals surface area contributed by atoms with Crippen LogP contribution in [0.15, 0.2) is 16.6 Å². The van der Waals surface area contributed by atoms with Crippen molar-refractivity contribution in [3.05, 3.63) is 22.2 Å². The van der Waals surface area contributed by atoms with Crippen LogP contribution < -0.4 is 10.1 Å². The first-order valence-electron chi connectivity index (χ1n) is 6.92. The van der Waals surface area contributed by atoms with Gasteiger partial charge in [-0.1, -0.05) is 0 Å². The molecule has 1 saturated heterocycles. The molecule has 1 atom stereocenters. The van der Waals surface area contributed by atoms with E-state index in [1.54, 1.807) is 11.8 Å². The molecule has 1 aromatic carbocycles. The summed E-state index contributed by atoms with van der Waals surface area (Å²) in [7, 11) is 0. The Morgan fingerprint density at radius 3 is 2.43 bits per heavy atom. The highest BCUT2D eigenvalue weighted by Gasteiger charge is 2.31. The van der Waals surface area contributed by atoms with E-state index in [0.29, 0.717) is 42.8 Å². The van der Waals surface area contributed by atoms with Crippen LogP contribution in [0.2, 0.25) is 0 Å². The van der Waals surface area contributed by atoms with Crippen LogP contribution >= 0.6 is 40.7 Å². The summed E-state index contributed by atoms with van der Waals surface area (Å²) in [6, 6.07) is 2.04. The number of benzene rings is 1. The van der Waals surface area contributed by atoms with Crippen LogP contribution in [0.3, 0.4) is 0 Å². The topological polar surface area (TPSA) is 44.7 Å². The maximum absolute atomic E-state index is 13.5. The maximum atomic E-state index is 13.5. The van der Waals surface area contributed by atoms with Gasteiger partial charge in [-0.05, 0) is 40.5 Å². The second-order valence-corrected chi connectivity index (χ2v) is 5.70. The Morgan fingerprint density at radius 2 is 1.91 bits per heavy atom. The Hall–Kier alpha value is -0.340. The van der Waals surface area contributed by atoms with Crippen LogP contribution in [0.25, 0.3) is 0 Å². The first kappa shape index (κ1) is 22.7. The Morgan fingerprint density at radius 1 is 1.30 bits per heavy atom. The van der Waals surface area contributed by atoms with E-state index < -0.39 is 12.5 Å². The molecule has 2 rings (SSSR count). The molecule has 2 N–H and O–H groups in total. The lowest BCUT2D eigenvalue weighted by molar-refractivity contribution is 0.0180. The third kappa shape index (κ3) is 5.60. The number of nitrogens with one attached hydrogen (secondary N) is 1. The molecule has 23 heavy (non-hydrogen) atoms. The van der Waals surface area contributed by atoms with Gasteiger partial charge in [-0.2, -0.15) is 0 Å². The third-order valence-electron chi connectivity index (χ3n) is 3.48. The van der Waals surface area contributed by atoms with Crippen molar-refractivity contribution in [1.29, 1.82) is 0 Å². The molecule has 1 heterocycles. The van der Waals surface area contributed by atoms with Crippen LogP contribution in [-0.2, 0) is 0 Å². The summed E-state index contributed by atoms with van der Waals surface area (Å²) in [4.78, 5) is 1.76. The fourth-order valence-electron chi connectivity index (χ4n) is 2.51. The lowest BCUT2D eigenvalue weighted by Gasteiger charge is -2.34. The van der Waals surface area contributed by atoms with Crippen molar-refractivity contribution < 1.29 is 18.6 Å². The summed E-state index contributed by atoms with van der Waals surface area (Å²) in [5.41, 5.74) is 0.444. The lowest BCUT2D eigenvalue weighted by Crippen LogP contribution is -2.46. The van der Waals surface area contributed by atoms with Gasteiger partial charge in [0.15, 0.2) is 11.5 Å². The molecule has 1 aromatic rings. The smallest absolute Gasteiger partial charge is 0.258 e. The highest BCUT2D eigenvalue weighted by atomic mass is 79.9. The fraction of sp³-hybridized carbons (Fsp3) is 0.571. The van der Waals surface area contributed by atoms with Gasteiger partial charge >= 0.3 is 0 Å². The van der Waals surface area contributed by atoms with Crippen molar-refractivity contribution in [3.63, 3.8) is 0 Å². The normalized spacial score (nSPS) is 16.4. The van der Waals surface area contributed by atoms with Gasteiger partial charge in [0.1, 0.15) is 0 Å². The van der Waals surface area contributed by atoms with Crippen molar-refractivity contribution >= 4 is 40.7 Å². The number of alkyl halides is 2. The zero-order chi connectivity index (χ0) is 15.4. The largest absolute Gasteiger partial charge is 0.503 e. The number of phenols is 1. The second kappa shape index (κ2) is 10.5. The molecule has 1 fully saturated rings. The lowest BCUT2D eigenvalue weighted by atomic mass is 10.0. The molecule has 0 aliphatic carbocycles. The van der Waals surface area contributed by atoms with Crippen LogP contribution in [0.4, 0.5) is 8.78 Å². The van der Waals surface area contributed by atoms with Gasteiger partial charge in [0, 0.05) is 26.2 Å². The van der Waals surface area contributed by atoms with Gasteiger partial charge in [0.05, 0.1) is 17.1 Å². The standard InChI is InChI=1S/C14H19BrF2N2O2.2ClH/c1-2-21-11-8-9(7-10(15)13(11)20)12(14(16)17)19-5-3-18-4-6-19;;/h7-8,12,14,18,20H,2-6H2,1H3;2*1H/t12-;;/m0../s1. The molecule has 0 radical (unpaired) electrons. The van der Waals surface area contributed by atoms with Crippen LogP contribution in [0.5, 0.6) is 11.5 Å². The average Bonchev–Trinajstić information content (AvgIpc) is 2.45. The minimum absolute atomic E-state index is 0. The van der Waals surface area contributed by atoms with Crippen LogP contribution in [-0.4, -0.2) is 49.2 Å². The minimum Gasteiger partial charge on any atom is -0.503 e. The number of phenolic OH excluding ortho intramolecular Hbond substituents is 1. The van der Waals surface area contributed by atoms with Gasteiger partial charge < -0.3 is 15.2 Å². The molecule has 9 heteroatoms. The van der Waals surface area contributed by atoms with E-state index in [1.807, 2.05) is 0 Å². The predicted molar refractivity (Wildman–Crippen MR) is 94.7 cm³/mol. The summed E-state index contributed by atoms with van der Waals surface area (Å²) in [6.45, 7) is 4.66. The summed E-state index contributed by atoms with van der Waals surface area (Å²) in [5, 5.41) is 13.1. The summed E-state index contributed by atoms with van der Waals surface area (Å²) >= 11 is 3.20. The minimum atomic E-state index is -2.51. The number of rotatable bonds is 5. The van der Waals surface area contributed by atoms with E-state index in [4.69, 9.17) is 4.74 Å². The second-order valence-electron chi connectivity index (χ2n) is 4.85. The van der Waals surface area contributed by atoms with E-state index >= 15 is 0 Å². The monoisotopic (exact) mass is 436 g/mol. The molecular weight excluding hydrogens is 417 g/mol. The number of hydrogen-bond acceptors (Lipinski definition) is 4. The molecule has 0 spiro atoms. The van der Waals surface area contributed by atoms with E-state index in [2.05, 4.69) is 21.2 Å². The summed E-state index contributed by atoms with van der Waals surface area (Å²) in [5.74, 6) is 0.164. The maximum Gasteiger partial charge on any atom is 0.258 e. The Labute approximate surface area is 155 Å². The number of aromatic hydroxyl groups is 1. The molecule has 1 aliphatic rings. The highest BCUT2D eigenvalue weighted by molar-refractivity contribution is 9.10. The van der Waals surface area contributed by atoms with E-state index in [9.17, 15) is 13.9 Å². The van der Waals surface area contributed by atoms with Gasteiger partial charge in [-0.15, -0.1) is 24.8 Å². The molecule has 0 bridgehead atoms. The van der Waals surface area contributed by atoms with Gasteiger partial charge in [0.2, 0.25) is 0 Å². The first-order chi connectivity index (χ1) is 10.0. The van der Waals surface area contributed by atoms with Crippen molar-refractivity contribution in [2.45, 2.75) is 19.4 Å². The van der Waals surface area contributed by atoms with E-state index in [0.717, 1.165) is 0 Å². The number of ether oxygens (including phenoxy) is 1. The van der Waals surface area contributed by atoms with Crippen molar-refractivity contribution in [1.82, 2.24) is 10.2 Å². The van der Waals surface area contributed by atoms with Crippen molar-refractivity contribution in [3.8, 4) is 11.5 Å². The first-order valence-corrected chi connectivity index (χ1v) is 7.72.